The molecule has 1 N–H and O–H groups in total. The fraction of sp³-hybridized carbons (Fsp3) is 0.148. The average molecular weight is 487 g/mol. The van der Waals surface area contributed by atoms with E-state index in [4.69, 9.17) is 21.1 Å². The number of anilines is 1. The van der Waals surface area contributed by atoms with Crippen LogP contribution in [0.1, 0.15) is 29.7 Å². The van der Waals surface area contributed by atoms with E-state index in [1.807, 2.05) is 85.8 Å². The molecule has 8 heteroatoms. The first-order valence-electron chi connectivity index (χ1n) is 11.1. The maximum absolute atomic E-state index is 13.2. The third-order valence-electron chi connectivity index (χ3n) is 5.74. The minimum absolute atomic E-state index is 0.185. The Balaban J connectivity index is 1.36. The first kappa shape index (κ1) is 22.7. The molecule has 7 nitrogen and oxygen atoms in total. The molecule has 0 aliphatic carbocycles. The summed E-state index contributed by atoms with van der Waals surface area (Å²) in [5.41, 5.74) is 3.96. The maximum atomic E-state index is 13.2. The Morgan fingerprint density at radius 1 is 0.971 bits per heavy atom. The van der Waals surface area contributed by atoms with Gasteiger partial charge < -0.3 is 14.8 Å². The van der Waals surface area contributed by atoms with Gasteiger partial charge in [-0.25, -0.2) is 9.48 Å². The van der Waals surface area contributed by atoms with Crippen molar-refractivity contribution in [3.8, 4) is 5.75 Å². The number of fused-ring (bicyclic) bond motifs is 1. The first-order valence-corrected chi connectivity index (χ1v) is 11.5. The van der Waals surface area contributed by atoms with Gasteiger partial charge in [0.15, 0.2) is 0 Å². The lowest BCUT2D eigenvalue weighted by atomic mass is 9.95. The highest BCUT2D eigenvalue weighted by Crippen LogP contribution is 2.36. The van der Waals surface area contributed by atoms with E-state index >= 15 is 0 Å². The highest BCUT2D eigenvalue weighted by atomic mass is 35.5. The molecule has 4 aromatic rings. The van der Waals surface area contributed by atoms with Crippen molar-refractivity contribution in [1.29, 1.82) is 0 Å². The van der Waals surface area contributed by atoms with Crippen molar-refractivity contribution in [1.82, 2.24) is 14.8 Å². The topological polar surface area (TPSA) is 78.3 Å². The summed E-state index contributed by atoms with van der Waals surface area (Å²) in [5.74, 6) is 0.869. The molecule has 0 bridgehead atoms. The minimum atomic E-state index is -0.484. The highest BCUT2D eigenvalue weighted by molar-refractivity contribution is 6.30. The number of benzene rings is 3. The van der Waals surface area contributed by atoms with Gasteiger partial charge in [0.25, 0.3) is 0 Å². The summed E-state index contributed by atoms with van der Waals surface area (Å²) in [6.45, 7) is 2.45. The zero-order valence-corrected chi connectivity index (χ0v) is 19.8. The molecule has 0 radical (unpaired) electrons. The van der Waals surface area contributed by atoms with E-state index < -0.39 is 12.0 Å². The van der Waals surface area contributed by atoms with Crippen LogP contribution in [-0.4, -0.2) is 20.7 Å². The lowest BCUT2D eigenvalue weighted by Gasteiger charge is -2.28. The van der Waals surface area contributed by atoms with E-state index in [9.17, 15) is 4.79 Å². The molecule has 35 heavy (non-hydrogen) atoms. The van der Waals surface area contributed by atoms with E-state index in [-0.39, 0.29) is 6.61 Å². The Morgan fingerprint density at radius 2 is 1.69 bits per heavy atom. The van der Waals surface area contributed by atoms with Crippen LogP contribution in [0.25, 0.3) is 0 Å². The van der Waals surface area contributed by atoms with Crippen molar-refractivity contribution in [2.75, 3.05) is 5.32 Å². The van der Waals surface area contributed by atoms with Crippen LogP contribution in [0.15, 0.2) is 96.5 Å². The zero-order valence-electron chi connectivity index (χ0n) is 19.0. The number of carbonyl (C=O) groups excluding carboxylic acids is 1. The van der Waals surface area contributed by atoms with Gasteiger partial charge in [0.1, 0.15) is 31.3 Å². The fourth-order valence-corrected chi connectivity index (χ4v) is 4.08. The molecule has 2 heterocycles. The van der Waals surface area contributed by atoms with Crippen molar-refractivity contribution >= 4 is 23.5 Å². The SMILES string of the molecule is CC1=C(C(=O)OCc2ccccc2)C(c2ccc(OCc3ccc(Cl)cc3)cc2)n2ncnc2N1. The van der Waals surface area contributed by atoms with Crippen molar-refractivity contribution in [2.45, 2.75) is 26.2 Å². The Hall–Kier alpha value is -4.10. The molecule has 1 unspecified atom stereocenters. The Labute approximate surface area is 208 Å². The van der Waals surface area contributed by atoms with Gasteiger partial charge >= 0.3 is 5.97 Å². The lowest BCUT2D eigenvalue weighted by Crippen LogP contribution is -2.29. The molecule has 0 amide bonds. The summed E-state index contributed by atoms with van der Waals surface area (Å²) < 4.78 is 13.3. The lowest BCUT2D eigenvalue weighted by molar-refractivity contribution is -0.140. The van der Waals surface area contributed by atoms with Crippen LogP contribution in [0.3, 0.4) is 0 Å². The summed E-state index contributed by atoms with van der Waals surface area (Å²) in [7, 11) is 0. The van der Waals surface area contributed by atoms with Crippen molar-refractivity contribution < 1.29 is 14.3 Å². The van der Waals surface area contributed by atoms with Crippen LogP contribution in [0.2, 0.25) is 5.02 Å². The molecular formula is C27H23ClN4O3. The van der Waals surface area contributed by atoms with Gasteiger partial charge in [-0.15, -0.1) is 0 Å². The molecule has 3 aromatic carbocycles. The van der Waals surface area contributed by atoms with Gasteiger partial charge in [-0.3, -0.25) is 0 Å². The van der Waals surface area contributed by atoms with Crippen LogP contribution in [0, 0.1) is 0 Å². The summed E-state index contributed by atoms with van der Waals surface area (Å²) in [6.07, 6.45) is 1.46. The van der Waals surface area contributed by atoms with E-state index in [1.54, 1.807) is 4.68 Å². The molecular weight excluding hydrogens is 464 g/mol. The van der Waals surface area contributed by atoms with E-state index in [2.05, 4.69) is 15.4 Å². The van der Waals surface area contributed by atoms with Crippen molar-refractivity contribution in [3.05, 3.63) is 118 Å². The molecule has 0 saturated heterocycles. The first-order chi connectivity index (χ1) is 17.1. The minimum Gasteiger partial charge on any atom is -0.489 e. The largest absolute Gasteiger partial charge is 0.489 e. The number of nitrogens with one attached hydrogen (secondary N) is 1. The zero-order chi connectivity index (χ0) is 24.2. The summed E-state index contributed by atoms with van der Waals surface area (Å²) in [6, 6.07) is 24.3. The molecule has 1 aliphatic rings. The van der Waals surface area contributed by atoms with Gasteiger partial charge in [-0.05, 0) is 47.9 Å². The van der Waals surface area contributed by atoms with Gasteiger partial charge in [0.2, 0.25) is 5.95 Å². The molecule has 1 aromatic heterocycles. The normalized spacial score (nSPS) is 14.7. The van der Waals surface area contributed by atoms with E-state index in [0.29, 0.717) is 34.6 Å². The third kappa shape index (κ3) is 5.05. The standard InChI is InChI=1S/C27H23ClN4O3/c1-18-24(26(33)35-16-19-5-3-2-4-6-19)25(32-27(31-18)29-17-30-32)21-9-13-23(14-10-21)34-15-20-7-11-22(28)12-8-20/h2-14,17,25H,15-16H2,1H3,(H,29,30,31). The number of rotatable bonds is 7. The average Bonchev–Trinajstić information content (AvgIpc) is 3.35. The van der Waals surface area contributed by atoms with Gasteiger partial charge in [-0.2, -0.15) is 10.1 Å². The Bertz CT molecular complexity index is 1350. The van der Waals surface area contributed by atoms with Crippen molar-refractivity contribution in [2.24, 2.45) is 0 Å². The molecule has 0 saturated carbocycles. The van der Waals surface area contributed by atoms with Crippen LogP contribution >= 0.6 is 11.6 Å². The number of nitrogens with zero attached hydrogens (tertiary/aromatic N) is 3. The van der Waals surface area contributed by atoms with Crippen LogP contribution in [-0.2, 0) is 22.7 Å². The second-order valence-electron chi connectivity index (χ2n) is 8.14. The molecule has 0 spiro atoms. The molecule has 0 fully saturated rings. The number of aromatic nitrogens is 3. The monoisotopic (exact) mass is 486 g/mol. The van der Waals surface area contributed by atoms with E-state index in [1.165, 1.54) is 6.33 Å². The van der Waals surface area contributed by atoms with Gasteiger partial charge in [0.05, 0.1) is 5.57 Å². The summed E-state index contributed by atoms with van der Waals surface area (Å²) in [5, 5.41) is 8.21. The molecule has 1 atom stereocenters. The third-order valence-corrected chi connectivity index (χ3v) is 5.99. The highest BCUT2D eigenvalue weighted by Gasteiger charge is 2.34. The van der Waals surface area contributed by atoms with Gasteiger partial charge in [-0.1, -0.05) is 66.2 Å². The van der Waals surface area contributed by atoms with Crippen LogP contribution < -0.4 is 10.1 Å². The Morgan fingerprint density at radius 3 is 2.43 bits per heavy atom. The number of esters is 1. The second kappa shape index (κ2) is 10.0. The predicted octanol–water partition coefficient (Wildman–Crippen LogP) is 5.54. The van der Waals surface area contributed by atoms with Crippen LogP contribution in [0.5, 0.6) is 5.75 Å². The number of allylic oxidation sites excluding steroid dienone is 1. The number of halogens is 1. The maximum Gasteiger partial charge on any atom is 0.338 e. The smallest absolute Gasteiger partial charge is 0.338 e. The molecule has 176 valence electrons. The summed E-state index contributed by atoms with van der Waals surface area (Å²) in [4.78, 5) is 17.5. The second-order valence-corrected chi connectivity index (χ2v) is 8.58. The molecule has 5 rings (SSSR count). The number of hydrogen-bond donors (Lipinski definition) is 1. The Kier molecular flexibility index (Phi) is 6.50. The summed E-state index contributed by atoms with van der Waals surface area (Å²) >= 11 is 5.95. The van der Waals surface area contributed by atoms with Crippen molar-refractivity contribution in [3.63, 3.8) is 0 Å². The van der Waals surface area contributed by atoms with Gasteiger partial charge in [0, 0.05) is 10.7 Å². The number of carbonyl (C=O) groups is 1. The van der Waals surface area contributed by atoms with Crippen LogP contribution in [0.4, 0.5) is 5.95 Å². The van der Waals surface area contributed by atoms with E-state index in [0.717, 1.165) is 16.7 Å². The number of ether oxygens (including phenoxy) is 2. The predicted molar refractivity (Wildman–Crippen MR) is 133 cm³/mol. The molecule has 1 aliphatic heterocycles. The quantitative estimate of drug-likeness (QED) is 0.345. The fourth-order valence-electron chi connectivity index (χ4n) is 3.96. The number of hydrogen-bond acceptors (Lipinski definition) is 6.